The third-order valence-electron chi connectivity index (χ3n) is 1.52. The van der Waals surface area contributed by atoms with E-state index in [1.807, 2.05) is 0 Å². The summed E-state index contributed by atoms with van der Waals surface area (Å²) in [5.41, 5.74) is -0.882. The Bertz CT molecular complexity index is 415. The maximum atomic E-state index is 11.6. The summed E-state index contributed by atoms with van der Waals surface area (Å²) in [6.07, 6.45) is 2.42. The van der Waals surface area contributed by atoms with Crippen LogP contribution in [0.1, 0.15) is 20.8 Å². The van der Waals surface area contributed by atoms with Gasteiger partial charge >= 0.3 is 6.09 Å². The van der Waals surface area contributed by atoms with Crippen molar-refractivity contribution in [3.8, 4) is 0 Å². The van der Waals surface area contributed by atoms with E-state index in [9.17, 15) is 14.9 Å². The van der Waals surface area contributed by atoms with Gasteiger partial charge in [-0.1, -0.05) is 0 Å². The van der Waals surface area contributed by atoms with Crippen LogP contribution in [0, 0.1) is 10.1 Å². The van der Waals surface area contributed by atoms with Gasteiger partial charge in [-0.25, -0.2) is 24.9 Å². The highest BCUT2D eigenvalue weighted by molar-refractivity contribution is 5.84. The molecule has 0 aromatic carbocycles. The van der Waals surface area contributed by atoms with Crippen molar-refractivity contribution in [1.82, 2.24) is 9.97 Å². The lowest BCUT2D eigenvalue weighted by Crippen LogP contribution is -2.40. The monoisotopic (exact) mass is 240 g/mol. The van der Waals surface area contributed by atoms with Gasteiger partial charge in [0.1, 0.15) is 11.9 Å². The van der Waals surface area contributed by atoms with E-state index in [0.717, 1.165) is 12.4 Å². The summed E-state index contributed by atoms with van der Waals surface area (Å²) < 4.78 is 4.91. The van der Waals surface area contributed by atoms with Crippen LogP contribution in [0.3, 0.4) is 0 Å². The van der Waals surface area contributed by atoms with Crippen molar-refractivity contribution in [2.45, 2.75) is 26.4 Å². The van der Waals surface area contributed by atoms with Crippen molar-refractivity contribution >= 4 is 11.8 Å². The number of anilines is 1. The molecule has 0 atom stereocenters. The van der Waals surface area contributed by atoms with E-state index in [-0.39, 0.29) is 10.7 Å². The van der Waals surface area contributed by atoms with Crippen LogP contribution in [0.5, 0.6) is 0 Å². The predicted octanol–water partition coefficient (Wildman–Crippen LogP) is 1.41. The zero-order chi connectivity index (χ0) is 13.1. The summed E-state index contributed by atoms with van der Waals surface area (Å²) in [4.78, 5) is 29.6. The molecule has 8 nitrogen and oxygen atoms in total. The average Bonchev–Trinajstić information content (AvgIpc) is 2.15. The van der Waals surface area contributed by atoms with Gasteiger partial charge in [0, 0.05) is 5.01 Å². The number of aromatic nitrogens is 2. The van der Waals surface area contributed by atoms with E-state index < -0.39 is 16.7 Å². The number of carbonyl (C=O) groups excluding carboxylic acids is 1. The van der Waals surface area contributed by atoms with Gasteiger partial charge in [-0.15, -0.1) is 0 Å². The summed E-state index contributed by atoms with van der Waals surface area (Å²) in [7, 11) is 0. The van der Waals surface area contributed by atoms with Gasteiger partial charge in [0.05, 0.1) is 12.4 Å². The molecule has 17 heavy (non-hydrogen) atoms. The van der Waals surface area contributed by atoms with Crippen LogP contribution in [-0.4, -0.2) is 26.7 Å². The lowest BCUT2D eigenvalue weighted by molar-refractivity contribution is -0.484. The quantitative estimate of drug-likeness (QED) is 0.572. The van der Waals surface area contributed by atoms with Crippen molar-refractivity contribution < 1.29 is 14.6 Å². The van der Waals surface area contributed by atoms with Gasteiger partial charge in [0.15, 0.2) is 10.7 Å². The maximum Gasteiger partial charge on any atom is 0.473 e. The molecule has 0 N–H and O–H groups in total. The van der Waals surface area contributed by atoms with Gasteiger partial charge in [-0.2, -0.15) is 0 Å². The zero-order valence-electron chi connectivity index (χ0n) is 9.65. The van der Waals surface area contributed by atoms with E-state index in [1.54, 1.807) is 20.8 Å². The Hall–Kier alpha value is -2.25. The van der Waals surface area contributed by atoms with E-state index in [2.05, 4.69) is 9.97 Å². The predicted molar refractivity (Wildman–Crippen MR) is 57.7 cm³/mol. The fraction of sp³-hybridized carbons (Fsp3) is 0.444. The first-order valence-corrected chi connectivity index (χ1v) is 4.73. The Labute approximate surface area is 97.4 Å². The van der Waals surface area contributed by atoms with Crippen LogP contribution in [0.15, 0.2) is 18.7 Å². The third-order valence-corrected chi connectivity index (χ3v) is 1.52. The summed E-state index contributed by atoms with van der Waals surface area (Å²) >= 11 is 0. The molecule has 1 heterocycles. The van der Waals surface area contributed by atoms with Gasteiger partial charge in [-0.3, -0.25) is 0 Å². The molecule has 1 rings (SSSR count). The van der Waals surface area contributed by atoms with E-state index in [1.165, 1.54) is 6.33 Å². The van der Waals surface area contributed by atoms with Crippen LogP contribution in [-0.2, 0) is 4.74 Å². The maximum absolute atomic E-state index is 11.6. The molecular weight excluding hydrogens is 228 g/mol. The lowest BCUT2D eigenvalue weighted by atomic mass is 10.2. The highest BCUT2D eigenvalue weighted by Gasteiger charge is 2.32. The van der Waals surface area contributed by atoms with Crippen molar-refractivity contribution in [3.63, 3.8) is 0 Å². The topological polar surface area (TPSA) is 98.5 Å². The summed E-state index contributed by atoms with van der Waals surface area (Å²) in [5.74, 6) is 0. The second kappa shape index (κ2) is 4.73. The molecule has 0 saturated heterocycles. The summed E-state index contributed by atoms with van der Waals surface area (Å²) in [5, 5.41) is 10.2. The fourth-order valence-electron chi connectivity index (χ4n) is 0.972. The molecular formula is C9H12N4O4. The standard InChI is InChI=1S/C9H12N4O4/c1-9(2,3)17-8(14)12(13(15)16)7-4-10-6-11-5-7/h4-6H,1-3H3. The molecule has 0 saturated carbocycles. The zero-order valence-corrected chi connectivity index (χ0v) is 9.65. The van der Waals surface area contributed by atoms with E-state index >= 15 is 0 Å². The third kappa shape index (κ3) is 3.67. The number of carbonyl (C=O) groups is 1. The molecule has 0 aliphatic carbocycles. The normalized spacial score (nSPS) is 10.8. The number of rotatable bonds is 2. The number of nitro groups is 1. The molecule has 0 radical (unpaired) electrons. The minimum absolute atomic E-state index is 0.0632. The lowest BCUT2D eigenvalue weighted by Gasteiger charge is -2.21. The van der Waals surface area contributed by atoms with E-state index in [4.69, 9.17) is 4.74 Å². The smallest absolute Gasteiger partial charge is 0.440 e. The first-order valence-electron chi connectivity index (χ1n) is 4.73. The minimum atomic E-state index is -1.09. The molecule has 1 amide bonds. The summed E-state index contributed by atoms with van der Waals surface area (Å²) in [6.45, 7) is 4.85. The van der Waals surface area contributed by atoms with Crippen molar-refractivity contribution in [2.75, 3.05) is 5.01 Å². The molecule has 8 heteroatoms. The fourth-order valence-corrected chi connectivity index (χ4v) is 0.972. The number of hydrazine groups is 1. The Morgan fingerprint density at radius 1 is 1.41 bits per heavy atom. The SMILES string of the molecule is CC(C)(C)OC(=O)N(c1cncnc1)[N+](=O)[O-]. The van der Waals surface area contributed by atoms with Crippen molar-refractivity contribution in [1.29, 1.82) is 0 Å². The van der Waals surface area contributed by atoms with Crippen LogP contribution in [0.25, 0.3) is 0 Å². The van der Waals surface area contributed by atoms with Gasteiger partial charge in [-0.05, 0) is 20.8 Å². The van der Waals surface area contributed by atoms with Gasteiger partial charge in [0.2, 0.25) is 0 Å². The number of amides is 1. The van der Waals surface area contributed by atoms with E-state index in [0.29, 0.717) is 0 Å². The van der Waals surface area contributed by atoms with Gasteiger partial charge < -0.3 is 4.74 Å². The molecule has 92 valence electrons. The molecule has 1 aromatic heterocycles. The molecule has 0 unspecified atom stereocenters. The Morgan fingerprint density at radius 2 is 1.94 bits per heavy atom. The van der Waals surface area contributed by atoms with Crippen LogP contribution in [0.2, 0.25) is 0 Å². The number of hydrogen-bond donors (Lipinski definition) is 0. The molecule has 0 fully saturated rings. The Morgan fingerprint density at radius 3 is 2.35 bits per heavy atom. The number of nitrogens with zero attached hydrogens (tertiary/aromatic N) is 4. The first kappa shape index (κ1) is 12.8. The minimum Gasteiger partial charge on any atom is -0.440 e. The summed E-state index contributed by atoms with van der Waals surface area (Å²) in [6, 6.07) is 0. The highest BCUT2D eigenvalue weighted by Crippen LogP contribution is 2.16. The Balaban J connectivity index is 2.96. The van der Waals surface area contributed by atoms with Crippen molar-refractivity contribution in [2.24, 2.45) is 0 Å². The second-order valence-corrected chi connectivity index (χ2v) is 4.13. The first-order chi connectivity index (χ1) is 7.81. The highest BCUT2D eigenvalue weighted by atomic mass is 16.7. The molecule has 1 aromatic rings. The molecule has 0 aliphatic heterocycles. The molecule has 0 spiro atoms. The Kier molecular flexibility index (Phi) is 3.56. The van der Waals surface area contributed by atoms with Gasteiger partial charge in [0.25, 0.3) is 0 Å². The average molecular weight is 240 g/mol. The number of hydrogen-bond acceptors (Lipinski definition) is 6. The molecule has 0 aliphatic rings. The van der Waals surface area contributed by atoms with Crippen LogP contribution < -0.4 is 5.01 Å². The largest absolute Gasteiger partial charge is 0.473 e. The van der Waals surface area contributed by atoms with Crippen LogP contribution >= 0.6 is 0 Å². The number of ether oxygens (including phenoxy) is 1. The van der Waals surface area contributed by atoms with Crippen LogP contribution in [0.4, 0.5) is 10.5 Å². The molecule has 0 bridgehead atoms. The van der Waals surface area contributed by atoms with Crippen molar-refractivity contribution in [3.05, 3.63) is 28.8 Å². The second-order valence-electron chi connectivity index (χ2n) is 4.13.